The minimum absolute atomic E-state index is 0.0481. The number of hydrogen-bond donors (Lipinski definition) is 2. The Morgan fingerprint density at radius 1 is 1.40 bits per heavy atom. The monoisotopic (exact) mass is 279 g/mol. The van der Waals surface area contributed by atoms with Gasteiger partial charge in [-0.25, -0.2) is 4.98 Å². The van der Waals surface area contributed by atoms with Gasteiger partial charge < -0.3 is 15.0 Å². The van der Waals surface area contributed by atoms with E-state index in [1.807, 2.05) is 17.7 Å². The van der Waals surface area contributed by atoms with E-state index in [9.17, 15) is 14.7 Å². The standard InChI is InChI=1S/C14H21N3O3/c1-10(8-17-7-6-15-9-17)16-13(18)11-4-2-3-5-12(11)14(19)20/h6-7,9-12H,2-5,8H2,1H3,(H,16,18)(H,19,20)/t10?,11-,12+/m1/s1. The molecule has 1 aromatic heterocycles. The van der Waals surface area contributed by atoms with Gasteiger partial charge in [-0.15, -0.1) is 0 Å². The number of aromatic nitrogens is 2. The highest BCUT2D eigenvalue weighted by Gasteiger charge is 2.35. The molecule has 6 heteroatoms. The lowest BCUT2D eigenvalue weighted by Crippen LogP contribution is -2.44. The van der Waals surface area contributed by atoms with Crippen molar-refractivity contribution in [3.05, 3.63) is 18.7 Å². The zero-order valence-corrected chi connectivity index (χ0v) is 11.7. The Kier molecular flexibility index (Phi) is 4.76. The van der Waals surface area contributed by atoms with Crippen LogP contribution in [0.4, 0.5) is 0 Å². The molecule has 1 aliphatic rings. The van der Waals surface area contributed by atoms with E-state index in [1.54, 1.807) is 12.5 Å². The summed E-state index contributed by atoms with van der Waals surface area (Å²) in [7, 11) is 0. The van der Waals surface area contributed by atoms with Gasteiger partial charge in [0.1, 0.15) is 0 Å². The molecule has 2 N–H and O–H groups in total. The van der Waals surface area contributed by atoms with Crippen LogP contribution in [0.5, 0.6) is 0 Å². The average molecular weight is 279 g/mol. The van der Waals surface area contributed by atoms with E-state index in [0.29, 0.717) is 19.4 Å². The molecule has 0 radical (unpaired) electrons. The van der Waals surface area contributed by atoms with E-state index in [2.05, 4.69) is 10.3 Å². The third-order valence-electron chi connectivity index (χ3n) is 3.85. The van der Waals surface area contributed by atoms with Crippen LogP contribution in [0.3, 0.4) is 0 Å². The van der Waals surface area contributed by atoms with Gasteiger partial charge in [0.2, 0.25) is 5.91 Å². The van der Waals surface area contributed by atoms with E-state index < -0.39 is 17.8 Å². The molecule has 0 spiro atoms. The number of imidazole rings is 1. The molecule has 0 saturated heterocycles. The molecule has 2 rings (SSSR count). The SMILES string of the molecule is CC(Cn1ccnc1)NC(=O)[C@@H]1CCCC[C@@H]1C(=O)O. The molecule has 20 heavy (non-hydrogen) atoms. The van der Waals surface area contributed by atoms with Crippen molar-refractivity contribution in [3.63, 3.8) is 0 Å². The second-order valence-electron chi connectivity index (χ2n) is 5.50. The summed E-state index contributed by atoms with van der Waals surface area (Å²) in [5.74, 6) is -1.92. The van der Waals surface area contributed by atoms with E-state index in [4.69, 9.17) is 0 Å². The van der Waals surface area contributed by atoms with Gasteiger partial charge in [0.05, 0.1) is 18.2 Å². The Morgan fingerprint density at radius 3 is 2.70 bits per heavy atom. The van der Waals surface area contributed by atoms with Crippen LogP contribution in [0.2, 0.25) is 0 Å². The number of carbonyl (C=O) groups is 2. The van der Waals surface area contributed by atoms with Gasteiger partial charge in [0.25, 0.3) is 0 Å². The highest BCUT2D eigenvalue weighted by molar-refractivity contribution is 5.85. The summed E-state index contributed by atoms with van der Waals surface area (Å²) in [5, 5.41) is 12.1. The molecule has 1 unspecified atom stereocenters. The number of aliphatic carboxylic acids is 1. The summed E-state index contributed by atoms with van der Waals surface area (Å²) in [5.41, 5.74) is 0. The van der Waals surface area contributed by atoms with E-state index in [1.165, 1.54) is 0 Å². The fourth-order valence-corrected chi connectivity index (χ4v) is 2.85. The lowest BCUT2D eigenvalue weighted by Gasteiger charge is -2.28. The number of amides is 1. The highest BCUT2D eigenvalue weighted by Crippen LogP contribution is 2.30. The maximum Gasteiger partial charge on any atom is 0.307 e. The lowest BCUT2D eigenvalue weighted by molar-refractivity contribution is -0.149. The van der Waals surface area contributed by atoms with Gasteiger partial charge in [0.15, 0.2) is 0 Å². The Hall–Kier alpha value is -1.85. The van der Waals surface area contributed by atoms with Crippen LogP contribution in [0, 0.1) is 11.8 Å². The Labute approximate surface area is 118 Å². The quantitative estimate of drug-likeness (QED) is 0.850. The number of hydrogen-bond acceptors (Lipinski definition) is 3. The molecule has 0 bridgehead atoms. The van der Waals surface area contributed by atoms with Crippen molar-refractivity contribution in [2.45, 2.75) is 45.2 Å². The molecule has 0 aliphatic heterocycles. The molecule has 1 aliphatic carbocycles. The van der Waals surface area contributed by atoms with Gasteiger partial charge in [-0.1, -0.05) is 12.8 Å². The summed E-state index contributed by atoms with van der Waals surface area (Å²) in [4.78, 5) is 27.4. The first kappa shape index (κ1) is 14.6. The fourth-order valence-electron chi connectivity index (χ4n) is 2.85. The summed E-state index contributed by atoms with van der Waals surface area (Å²) in [6.45, 7) is 2.55. The zero-order chi connectivity index (χ0) is 14.5. The molecule has 110 valence electrons. The highest BCUT2D eigenvalue weighted by atomic mass is 16.4. The topological polar surface area (TPSA) is 84.2 Å². The summed E-state index contributed by atoms with van der Waals surface area (Å²) in [6, 6.07) is -0.0481. The van der Waals surface area contributed by atoms with Crippen molar-refractivity contribution in [2.75, 3.05) is 0 Å². The van der Waals surface area contributed by atoms with Crippen LogP contribution in [0.25, 0.3) is 0 Å². The molecule has 3 atom stereocenters. The van der Waals surface area contributed by atoms with Crippen molar-refractivity contribution >= 4 is 11.9 Å². The first-order chi connectivity index (χ1) is 9.58. The van der Waals surface area contributed by atoms with Crippen LogP contribution >= 0.6 is 0 Å². The predicted molar refractivity (Wildman–Crippen MR) is 72.9 cm³/mol. The van der Waals surface area contributed by atoms with Gasteiger partial charge in [-0.3, -0.25) is 9.59 Å². The molecule has 1 aromatic rings. The number of carboxylic acid groups (broad SMARTS) is 1. The Balaban J connectivity index is 1.90. The first-order valence-electron chi connectivity index (χ1n) is 7.07. The van der Waals surface area contributed by atoms with Crippen LogP contribution in [0.15, 0.2) is 18.7 Å². The summed E-state index contributed by atoms with van der Waals surface area (Å²) >= 11 is 0. The van der Waals surface area contributed by atoms with E-state index in [0.717, 1.165) is 12.8 Å². The summed E-state index contributed by atoms with van der Waals surface area (Å²) in [6.07, 6.45) is 8.32. The molecular weight excluding hydrogens is 258 g/mol. The number of carboxylic acids is 1. The van der Waals surface area contributed by atoms with E-state index in [-0.39, 0.29) is 11.9 Å². The molecular formula is C14H21N3O3. The summed E-state index contributed by atoms with van der Waals surface area (Å²) < 4.78 is 1.89. The fraction of sp³-hybridized carbons (Fsp3) is 0.643. The third kappa shape index (κ3) is 3.59. The zero-order valence-electron chi connectivity index (χ0n) is 11.7. The van der Waals surface area contributed by atoms with E-state index >= 15 is 0 Å². The lowest BCUT2D eigenvalue weighted by atomic mass is 9.78. The number of rotatable bonds is 5. The first-order valence-corrected chi connectivity index (χ1v) is 7.07. The molecule has 1 saturated carbocycles. The molecule has 6 nitrogen and oxygen atoms in total. The van der Waals surface area contributed by atoms with Crippen LogP contribution < -0.4 is 5.32 Å². The minimum atomic E-state index is -0.855. The van der Waals surface area contributed by atoms with Gasteiger partial charge in [-0.05, 0) is 19.8 Å². The predicted octanol–water partition coefficient (Wildman–Crippen LogP) is 1.28. The van der Waals surface area contributed by atoms with Crippen molar-refractivity contribution in [3.8, 4) is 0 Å². The van der Waals surface area contributed by atoms with Gasteiger partial charge in [0, 0.05) is 25.0 Å². The van der Waals surface area contributed by atoms with Crippen LogP contribution in [-0.2, 0) is 16.1 Å². The van der Waals surface area contributed by atoms with Gasteiger partial charge in [-0.2, -0.15) is 0 Å². The minimum Gasteiger partial charge on any atom is -0.481 e. The normalized spacial score (nSPS) is 24.1. The van der Waals surface area contributed by atoms with Crippen LogP contribution in [0.1, 0.15) is 32.6 Å². The second-order valence-corrected chi connectivity index (χ2v) is 5.50. The maximum atomic E-state index is 12.3. The van der Waals surface area contributed by atoms with Crippen molar-refractivity contribution < 1.29 is 14.7 Å². The van der Waals surface area contributed by atoms with Crippen molar-refractivity contribution in [1.82, 2.24) is 14.9 Å². The smallest absolute Gasteiger partial charge is 0.307 e. The Morgan fingerprint density at radius 2 is 2.10 bits per heavy atom. The second kappa shape index (κ2) is 6.54. The molecule has 1 heterocycles. The molecule has 1 fully saturated rings. The third-order valence-corrected chi connectivity index (χ3v) is 3.85. The van der Waals surface area contributed by atoms with Crippen molar-refractivity contribution in [1.29, 1.82) is 0 Å². The maximum absolute atomic E-state index is 12.3. The Bertz CT molecular complexity index is 458. The number of nitrogens with zero attached hydrogens (tertiary/aromatic N) is 2. The molecule has 0 aromatic carbocycles. The molecule has 1 amide bonds. The van der Waals surface area contributed by atoms with Crippen LogP contribution in [-0.4, -0.2) is 32.6 Å². The average Bonchev–Trinajstić information content (AvgIpc) is 2.91. The van der Waals surface area contributed by atoms with Gasteiger partial charge >= 0.3 is 5.97 Å². The number of carbonyl (C=O) groups excluding carboxylic acids is 1. The largest absolute Gasteiger partial charge is 0.481 e. The number of nitrogens with one attached hydrogen (secondary N) is 1. The van der Waals surface area contributed by atoms with Crippen molar-refractivity contribution in [2.24, 2.45) is 11.8 Å².